The summed E-state index contributed by atoms with van der Waals surface area (Å²) in [4.78, 5) is 16.8. The van der Waals surface area contributed by atoms with Crippen LogP contribution in [-0.2, 0) is 4.74 Å². The van der Waals surface area contributed by atoms with Gasteiger partial charge < -0.3 is 24.6 Å². The summed E-state index contributed by atoms with van der Waals surface area (Å²) in [7, 11) is 4.20. The molecule has 0 spiro atoms. The summed E-state index contributed by atoms with van der Waals surface area (Å²) >= 11 is 0. The molecule has 0 unspecified atom stereocenters. The maximum Gasteiger partial charge on any atom is 0.321 e. The van der Waals surface area contributed by atoms with Crippen LogP contribution in [0.2, 0.25) is 0 Å². The number of benzene rings is 1. The normalized spacial score (nSPS) is 21.7. The van der Waals surface area contributed by atoms with E-state index < -0.39 is 0 Å². The Labute approximate surface area is 156 Å². The molecule has 2 aliphatic rings. The molecular weight excluding hydrogens is 330 g/mol. The van der Waals surface area contributed by atoms with Gasteiger partial charge in [-0.3, -0.25) is 0 Å². The molecular formula is C20H31N3O3. The van der Waals surface area contributed by atoms with E-state index in [1.165, 1.54) is 6.42 Å². The number of para-hydroxylation sites is 2. The lowest BCUT2D eigenvalue weighted by Crippen LogP contribution is -2.46. The minimum Gasteiger partial charge on any atom is -0.489 e. The average molecular weight is 361 g/mol. The van der Waals surface area contributed by atoms with Crippen molar-refractivity contribution < 1.29 is 14.3 Å². The minimum atomic E-state index is -0.0489. The number of hydrogen-bond acceptors (Lipinski definition) is 4. The van der Waals surface area contributed by atoms with Gasteiger partial charge in [-0.2, -0.15) is 0 Å². The lowest BCUT2D eigenvalue weighted by molar-refractivity contribution is -0.0109. The molecule has 2 amide bonds. The molecule has 0 radical (unpaired) electrons. The maximum absolute atomic E-state index is 12.6. The molecule has 1 aromatic rings. The number of likely N-dealkylation sites (tertiary alicyclic amines) is 1. The first-order chi connectivity index (χ1) is 12.6. The molecule has 2 aliphatic heterocycles. The number of piperidine rings is 1. The van der Waals surface area contributed by atoms with Crippen molar-refractivity contribution in [2.45, 2.75) is 44.2 Å². The topological polar surface area (TPSA) is 54.0 Å². The number of anilines is 1. The van der Waals surface area contributed by atoms with Crippen LogP contribution in [0, 0.1) is 0 Å². The number of hydrogen-bond donors (Lipinski definition) is 1. The van der Waals surface area contributed by atoms with Crippen LogP contribution in [0.5, 0.6) is 5.75 Å². The van der Waals surface area contributed by atoms with Crippen LogP contribution in [-0.4, -0.2) is 68.4 Å². The second-order valence-corrected chi connectivity index (χ2v) is 7.41. The van der Waals surface area contributed by atoms with Crippen LogP contribution >= 0.6 is 0 Å². The fourth-order valence-corrected chi connectivity index (χ4v) is 3.60. The third-order valence-electron chi connectivity index (χ3n) is 5.31. The highest BCUT2D eigenvalue weighted by Gasteiger charge is 2.24. The standard InChI is InChI=1S/C20H31N3O3/c1-22(2)16-10-12-23(13-11-16)20(24)21-18-8-3-4-9-19(18)26-15-17-7-5-6-14-25-17/h3-4,8-9,16-17H,5-7,10-15H2,1-2H3,(H,21,24)/t17-/m1/s1. The van der Waals surface area contributed by atoms with Gasteiger partial charge in [0.2, 0.25) is 0 Å². The lowest BCUT2D eigenvalue weighted by Gasteiger charge is -2.35. The van der Waals surface area contributed by atoms with Crippen LogP contribution in [0.3, 0.4) is 0 Å². The SMILES string of the molecule is CN(C)C1CCN(C(=O)Nc2ccccc2OC[C@H]2CCCCO2)CC1. The second-order valence-electron chi connectivity index (χ2n) is 7.41. The number of amides is 2. The van der Waals surface area contributed by atoms with Gasteiger partial charge in [-0.1, -0.05) is 12.1 Å². The summed E-state index contributed by atoms with van der Waals surface area (Å²) < 4.78 is 11.7. The van der Waals surface area contributed by atoms with Gasteiger partial charge >= 0.3 is 6.03 Å². The number of carbonyl (C=O) groups is 1. The Bertz CT molecular complexity index is 579. The zero-order valence-corrected chi connectivity index (χ0v) is 15.9. The Balaban J connectivity index is 1.53. The van der Waals surface area contributed by atoms with Gasteiger partial charge in [0.25, 0.3) is 0 Å². The van der Waals surface area contributed by atoms with E-state index in [-0.39, 0.29) is 12.1 Å². The average Bonchev–Trinajstić information content (AvgIpc) is 2.68. The van der Waals surface area contributed by atoms with Crippen LogP contribution in [0.4, 0.5) is 10.5 Å². The van der Waals surface area contributed by atoms with E-state index in [0.29, 0.717) is 18.4 Å². The first kappa shape index (κ1) is 19.0. The highest BCUT2D eigenvalue weighted by molar-refractivity contribution is 5.91. The highest BCUT2D eigenvalue weighted by atomic mass is 16.5. The number of nitrogens with one attached hydrogen (secondary N) is 1. The molecule has 0 aromatic heterocycles. The summed E-state index contributed by atoms with van der Waals surface area (Å²) in [5, 5.41) is 3.02. The summed E-state index contributed by atoms with van der Waals surface area (Å²) in [6.45, 7) is 2.91. The van der Waals surface area contributed by atoms with Gasteiger partial charge in [0, 0.05) is 25.7 Å². The van der Waals surface area contributed by atoms with E-state index in [0.717, 1.165) is 51.1 Å². The van der Waals surface area contributed by atoms with Crippen molar-refractivity contribution in [3.63, 3.8) is 0 Å². The summed E-state index contributed by atoms with van der Waals surface area (Å²) in [6, 6.07) is 8.14. The molecule has 1 aromatic carbocycles. The number of nitrogens with zero attached hydrogens (tertiary/aromatic N) is 2. The Hall–Kier alpha value is -1.79. The molecule has 26 heavy (non-hydrogen) atoms. The van der Waals surface area contributed by atoms with Gasteiger partial charge in [0.15, 0.2) is 0 Å². The summed E-state index contributed by atoms with van der Waals surface area (Å²) in [5.74, 6) is 0.707. The molecule has 0 aliphatic carbocycles. The molecule has 144 valence electrons. The molecule has 2 fully saturated rings. The Morgan fingerprint density at radius 2 is 2.00 bits per heavy atom. The van der Waals surface area contributed by atoms with E-state index in [1.54, 1.807) is 0 Å². The second kappa shape index (κ2) is 9.24. The van der Waals surface area contributed by atoms with Crippen molar-refractivity contribution in [3.8, 4) is 5.75 Å². The lowest BCUT2D eigenvalue weighted by atomic mass is 10.0. The Morgan fingerprint density at radius 1 is 1.23 bits per heavy atom. The minimum absolute atomic E-state index is 0.0489. The number of ether oxygens (including phenoxy) is 2. The third kappa shape index (κ3) is 5.11. The van der Waals surface area contributed by atoms with E-state index in [2.05, 4.69) is 24.3 Å². The van der Waals surface area contributed by atoms with Crippen molar-refractivity contribution in [3.05, 3.63) is 24.3 Å². The largest absolute Gasteiger partial charge is 0.489 e. The van der Waals surface area contributed by atoms with Crippen LogP contribution in [0.15, 0.2) is 24.3 Å². The van der Waals surface area contributed by atoms with Crippen molar-refractivity contribution in [2.24, 2.45) is 0 Å². The Kier molecular flexibility index (Phi) is 6.74. The molecule has 2 saturated heterocycles. The molecule has 6 heteroatoms. The van der Waals surface area contributed by atoms with Gasteiger partial charge in [0.1, 0.15) is 12.4 Å². The van der Waals surface area contributed by atoms with E-state index in [9.17, 15) is 4.79 Å². The molecule has 0 bridgehead atoms. The molecule has 0 saturated carbocycles. The van der Waals surface area contributed by atoms with E-state index >= 15 is 0 Å². The van der Waals surface area contributed by atoms with Crippen LogP contribution in [0.25, 0.3) is 0 Å². The first-order valence-electron chi connectivity index (χ1n) is 9.69. The van der Waals surface area contributed by atoms with Crippen LogP contribution in [0.1, 0.15) is 32.1 Å². The van der Waals surface area contributed by atoms with Gasteiger partial charge in [-0.25, -0.2) is 4.79 Å². The van der Waals surface area contributed by atoms with E-state index in [1.807, 2.05) is 29.2 Å². The fourth-order valence-electron chi connectivity index (χ4n) is 3.60. The van der Waals surface area contributed by atoms with Crippen molar-refractivity contribution in [1.82, 2.24) is 9.80 Å². The van der Waals surface area contributed by atoms with Crippen molar-refractivity contribution in [1.29, 1.82) is 0 Å². The monoisotopic (exact) mass is 361 g/mol. The van der Waals surface area contributed by atoms with Gasteiger partial charge in [-0.15, -0.1) is 0 Å². The van der Waals surface area contributed by atoms with Gasteiger partial charge in [-0.05, 0) is 58.3 Å². The molecule has 2 heterocycles. The summed E-state index contributed by atoms with van der Waals surface area (Å²) in [6.07, 6.45) is 5.53. The number of urea groups is 1. The molecule has 6 nitrogen and oxygen atoms in total. The predicted molar refractivity (Wildman–Crippen MR) is 103 cm³/mol. The fraction of sp³-hybridized carbons (Fsp3) is 0.650. The highest BCUT2D eigenvalue weighted by Crippen LogP contribution is 2.26. The van der Waals surface area contributed by atoms with Gasteiger partial charge in [0.05, 0.1) is 11.8 Å². The maximum atomic E-state index is 12.6. The summed E-state index contributed by atoms with van der Waals surface area (Å²) in [5.41, 5.74) is 0.725. The van der Waals surface area contributed by atoms with E-state index in [4.69, 9.17) is 9.47 Å². The predicted octanol–water partition coefficient (Wildman–Crippen LogP) is 3.19. The number of rotatable bonds is 5. The quantitative estimate of drug-likeness (QED) is 0.875. The molecule has 1 atom stereocenters. The van der Waals surface area contributed by atoms with Crippen LogP contribution < -0.4 is 10.1 Å². The third-order valence-corrected chi connectivity index (χ3v) is 5.31. The van der Waals surface area contributed by atoms with Crippen molar-refractivity contribution >= 4 is 11.7 Å². The number of carbonyl (C=O) groups excluding carboxylic acids is 1. The van der Waals surface area contributed by atoms with Crippen molar-refractivity contribution in [2.75, 3.05) is 45.7 Å². The Morgan fingerprint density at radius 3 is 2.69 bits per heavy atom. The smallest absolute Gasteiger partial charge is 0.321 e. The molecule has 3 rings (SSSR count). The zero-order valence-electron chi connectivity index (χ0n) is 15.9. The molecule has 1 N–H and O–H groups in total. The first-order valence-corrected chi connectivity index (χ1v) is 9.69. The zero-order chi connectivity index (χ0) is 18.4.